The van der Waals surface area contributed by atoms with Crippen LogP contribution in [-0.4, -0.2) is 43.0 Å². The standard InChI is InChI=1S/C12H22ClNO2/c1-14(12(15)7-2-4-8-13)10-11-6-3-5-9-16-11/h11H,2-10H2,1H3. The Morgan fingerprint density at radius 3 is 2.88 bits per heavy atom. The Morgan fingerprint density at radius 1 is 1.44 bits per heavy atom. The van der Waals surface area contributed by atoms with Crippen molar-refractivity contribution in [3.63, 3.8) is 0 Å². The van der Waals surface area contributed by atoms with Gasteiger partial charge in [0.1, 0.15) is 0 Å². The molecule has 1 unspecified atom stereocenters. The lowest BCUT2D eigenvalue weighted by Crippen LogP contribution is -2.37. The van der Waals surface area contributed by atoms with E-state index in [2.05, 4.69) is 0 Å². The minimum absolute atomic E-state index is 0.208. The minimum atomic E-state index is 0.208. The zero-order chi connectivity index (χ0) is 11.8. The number of amides is 1. The predicted octanol–water partition coefficient (Wildman–Crippen LogP) is 2.42. The van der Waals surface area contributed by atoms with E-state index in [1.807, 2.05) is 7.05 Å². The summed E-state index contributed by atoms with van der Waals surface area (Å²) in [7, 11) is 1.86. The number of carbonyl (C=O) groups excluding carboxylic acids is 1. The van der Waals surface area contributed by atoms with Crippen LogP contribution in [-0.2, 0) is 9.53 Å². The summed E-state index contributed by atoms with van der Waals surface area (Å²) >= 11 is 5.58. The number of likely N-dealkylation sites (N-methyl/N-ethyl adjacent to an activating group) is 1. The number of ether oxygens (including phenoxy) is 1. The van der Waals surface area contributed by atoms with Gasteiger partial charge in [-0.3, -0.25) is 4.79 Å². The van der Waals surface area contributed by atoms with Crippen molar-refractivity contribution < 1.29 is 9.53 Å². The second kappa shape index (κ2) is 7.91. The maximum Gasteiger partial charge on any atom is 0.222 e. The molecule has 4 heteroatoms. The van der Waals surface area contributed by atoms with Gasteiger partial charge in [-0.2, -0.15) is 0 Å². The summed E-state index contributed by atoms with van der Waals surface area (Å²) in [6.07, 6.45) is 6.12. The highest BCUT2D eigenvalue weighted by atomic mass is 35.5. The van der Waals surface area contributed by atoms with E-state index in [0.29, 0.717) is 12.3 Å². The third-order valence-electron chi connectivity index (χ3n) is 2.95. The molecule has 0 radical (unpaired) electrons. The maximum absolute atomic E-state index is 11.7. The smallest absolute Gasteiger partial charge is 0.222 e. The van der Waals surface area contributed by atoms with Crippen LogP contribution in [0.25, 0.3) is 0 Å². The number of hydrogen-bond donors (Lipinski definition) is 0. The molecule has 1 amide bonds. The first-order chi connectivity index (χ1) is 7.74. The summed E-state index contributed by atoms with van der Waals surface area (Å²) < 4.78 is 5.61. The van der Waals surface area contributed by atoms with Crippen LogP contribution >= 0.6 is 11.6 Å². The number of alkyl halides is 1. The summed E-state index contributed by atoms with van der Waals surface area (Å²) in [6, 6.07) is 0. The van der Waals surface area contributed by atoms with Crippen molar-refractivity contribution in [3.8, 4) is 0 Å². The van der Waals surface area contributed by atoms with Crippen LogP contribution in [0.15, 0.2) is 0 Å². The molecule has 0 aromatic rings. The largest absolute Gasteiger partial charge is 0.376 e. The second-order valence-electron chi connectivity index (χ2n) is 4.41. The Kier molecular flexibility index (Phi) is 6.81. The number of hydrogen-bond acceptors (Lipinski definition) is 2. The topological polar surface area (TPSA) is 29.5 Å². The molecule has 1 aliphatic rings. The predicted molar refractivity (Wildman–Crippen MR) is 65.8 cm³/mol. The fraction of sp³-hybridized carbons (Fsp3) is 0.917. The van der Waals surface area contributed by atoms with Crippen LogP contribution in [0.4, 0.5) is 0 Å². The Labute approximate surface area is 103 Å². The Morgan fingerprint density at radius 2 is 2.25 bits per heavy atom. The molecule has 0 aromatic heterocycles. The molecule has 1 aliphatic heterocycles. The van der Waals surface area contributed by atoms with Gasteiger partial charge in [-0.25, -0.2) is 0 Å². The first-order valence-corrected chi connectivity index (χ1v) is 6.69. The van der Waals surface area contributed by atoms with Gasteiger partial charge in [0.15, 0.2) is 0 Å². The molecule has 1 fully saturated rings. The fourth-order valence-electron chi connectivity index (χ4n) is 1.92. The van der Waals surface area contributed by atoms with Crippen molar-refractivity contribution in [2.45, 2.75) is 44.6 Å². The van der Waals surface area contributed by atoms with Gasteiger partial charge in [0, 0.05) is 32.5 Å². The molecule has 3 nitrogen and oxygen atoms in total. The lowest BCUT2D eigenvalue weighted by atomic mass is 10.1. The van der Waals surface area contributed by atoms with Gasteiger partial charge in [0.25, 0.3) is 0 Å². The Balaban J connectivity index is 2.16. The van der Waals surface area contributed by atoms with Gasteiger partial charge < -0.3 is 9.64 Å². The fourth-order valence-corrected chi connectivity index (χ4v) is 2.11. The molecule has 0 spiro atoms. The molecule has 1 rings (SSSR count). The van der Waals surface area contributed by atoms with Crippen LogP contribution < -0.4 is 0 Å². The van der Waals surface area contributed by atoms with E-state index < -0.39 is 0 Å². The average Bonchev–Trinajstić information content (AvgIpc) is 2.30. The number of unbranched alkanes of at least 4 members (excludes halogenated alkanes) is 1. The van der Waals surface area contributed by atoms with E-state index in [9.17, 15) is 4.79 Å². The van der Waals surface area contributed by atoms with Crippen molar-refractivity contribution in [1.82, 2.24) is 4.90 Å². The van der Waals surface area contributed by atoms with E-state index in [-0.39, 0.29) is 12.0 Å². The van der Waals surface area contributed by atoms with Gasteiger partial charge in [-0.05, 0) is 32.1 Å². The molecule has 1 atom stereocenters. The molecule has 0 bridgehead atoms. The molecule has 0 aliphatic carbocycles. The van der Waals surface area contributed by atoms with Crippen molar-refractivity contribution in [2.75, 3.05) is 26.1 Å². The summed E-state index contributed by atoms with van der Waals surface area (Å²) in [5, 5.41) is 0. The highest BCUT2D eigenvalue weighted by Gasteiger charge is 2.18. The quantitative estimate of drug-likeness (QED) is 0.533. The molecule has 16 heavy (non-hydrogen) atoms. The van der Waals surface area contributed by atoms with E-state index >= 15 is 0 Å². The number of nitrogens with zero attached hydrogens (tertiary/aromatic N) is 1. The van der Waals surface area contributed by atoms with Crippen LogP contribution in [0, 0.1) is 0 Å². The third-order valence-corrected chi connectivity index (χ3v) is 3.22. The molecule has 0 saturated carbocycles. The zero-order valence-electron chi connectivity index (χ0n) is 10.1. The summed E-state index contributed by atoms with van der Waals surface area (Å²) in [6.45, 7) is 1.58. The van der Waals surface area contributed by atoms with Crippen molar-refractivity contribution in [1.29, 1.82) is 0 Å². The van der Waals surface area contributed by atoms with Gasteiger partial charge in [-0.1, -0.05) is 0 Å². The molecular weight excluding hydrogens is 226 g/mol. The van der Waals surface area contributed by atoms with Crippen LogP contribution in [0.1, 0.15) is 38.5 Å². The van der Waals surface area contributed by atoms with E-state index in [0.717, 1.165) is 38.8 Å². The third kappa shape index (κ3) is 5.17. The SMILES string of the molecule is CN(CC1CCCCO1)C(=O)CCCCCl. The number of carbonyl (C=O) groups is 1. The monoisotopic (exact) mass is 247 g/mol. The zero-order valence-corrected chi connectivity index (χ0v) is 10.8. The molecule has 94 valence electrons. The van der Waals surface area contributed by atoms with E-state index in [1.165, 1.54) is 6.42 Å². The van der Waals surface area contributed by atoms with Crippen LogP contribution in [0.2, 0.25) is 0 Å². The van der Waals surface area contributed by atoms with Crippen LogP contribution in [0.5, 0.6) is 0 Å². The second-order valence-corrected chi connectivity index (χ2v) is 4.79. The maximum atomic E-state index is 11.7. The van der Waals surface area contributed by atoms with Crippen molar-refractivity contribution in [2.24, 2.45) is 0 Å². The van der Waals surface area contributed by atoms with Gasteiger partial charge in [0.05, 0.1) is 6.10 Å². The van der Waals surface area contributed by atoms with Crippen LogP contribution in [0.3, 0.4) is 0 Å². The Hall–Kier alpha value is -0.280. The first kappa shape index (κ1) is 13.8. The van der Waals surface area contributed by atoms with Gasteiger partial charge in [0.2, 0.25) is 5.91 Å². The van der Waals surface area contributed by atoms with Crippen molar-refractivity contribution in [3.05, 3.63) is 0 Å². The highest BCUT2D eigenvalue weighted by Crippen LogP contribution is 2.14. The summed E-state index contributed by atoms with van der Waals surface area (Å²) in [5.41, 5.74) is 0. The summed E-state index contributed by atoms with van der Waals surface area (Å²) in [5.74, 6) is 0.849. The molecule has 1 saturated heterocycles. The van der Waals surface area contributed by atoms with Crippen molar-refractivity contribution >= 4 is 17.5 Å². The number of rotatable bonds is 6. The van der Waals surface area contributed by atoms with Gasteiger partial charge >= 0.3 is 0 Å². The minimum Gasteiger partial charge on any atom is -0.376 e. The summed E-state index contributed by atoms with van der Waals surface area (Å²) in [4.78, 5) is 13.5. The molecule has 0 aromatic carbocycles. The molecular formula is C12H22ClNO2. The molecule has 0 N–H and O–H groups in total. The van der Waals surface area contributed by atoms with E-state index in [1.54, 1.807) is 4.90 Å². The lowest BCUT2D eigenvalue weighted by Gasteiger charge is -2.27. The number of halogens is 1. The average molecular weight is 248 g/mol. The highest BCUT2D eigenvalue weighted by molar-refractivity contribution is 6.17. The lowest BCUT2D eigenvalue weighted by molar-refractivity contribution is -0.132. The molecule has 1 heterocycles. The first-order valence-electron chi connectivity index (χ1n) is 6.15. The van der Waals surface area contributed by atoms with Gasteiger partial charge in [-0.15, -0.1) is 11.6 Å². The Bertz CT molecular complexity index is 205. The van der Waals surface area contributed by atoms with E-state index in [4.69, 9.17) is 16.3 Å². The normalized spacial score (nSPS) is 20.8.